The Morgan fingerprint density at radius 2 is 1.85 bits per heavy atom. The molecule has 2 aromatic carbocycles. The minimum atomic E-state index is -0.420. The van der Waals surface area contributed by atoms with E-state index < -0.39 is 5.91 Å². The molecule has 0 spiro atoms. The molecular formula is C22H24N2O3. The van der Waals surface area contributed by atoms with Crippen LogP contribution in [0.2, 0.25) is 0 Å². The zero-order valence-corrected chi connectivity index (χ0v) is 16.1. The molecule has 3 rings (SSSR count). The zero-order valence-electron chi connectivity index (χ0n) is 16.1. The van der Waals surface area contributed by atoms with Gasteiger partial charge in [0.15, 0.2) is 0 Å². The Morgan fingerprint density at radius 1 is 1.15 bits per heavy atom. The summed E-state index contributed by atoms with van der Waals surface area (Å²) in [6.45, 7) is 6.63. The molecule has 0 aliphatic heterocycles. The fourth-order valence-corrected chi connectivity index (χ4v) is 3.04. The molecule has 0 fully saturated rings. The first-order valence-electron chi connectivity index (χ1n) is 9.08. The van der Waals surface area contributed by atoms with Crippen molar-refractivity contribution in [2.75, 3.05) is 11.9 Å². The van der Waals surface area contributed by atoms with Gasteiger partial charge >= 0.3 is 0 Å². The maximum atomic E-state index is 12.9. The lowest BCUT2D eigenvalue weighted by Crippen LogP contribution is -2.23. The van der Waals surface area contributed by atoms with Crippen molar-refractivity contribution in [3.63, 3.8) is 0 Å². The molecule has 0 saturated heterocycles. The molecule has 27 heavy (non-hydrogen) atoms. The molecule has 0 unspecified atom stereocenters. The quantitative estimate of drug-likeness (QED) is 0.734. The smallest absolute Gasteiger partial charge is 0.261 e. The molecule has 0 atom stereocenters. The van der Waals surface area contributed by atoms with Crippen LogP contribution < -0.4 is 15.5 Å². The number of nitrogens with zero attached hydrogens (tertiary/aromatic N) is 1. The lowest BCUT2D eigenvalue weighted by Gasteiger charge is -2.12. The molecule has 1 N–H and O–H groups in total. The third-order valence-corrected chi connectivity index (χ3v) is 4.55. The average molecular weight is 364 g/mol. The number of pyridine rings is 1. The third-order valence-electron chi connectivity index (χ3n) is 4.55. The fraction of sp³-hybridized carbons (Fsp3) is 0.273. The van der Waals surface area contributed by atoms with Gasteiger partial charge in [-0.25, -0.2) is 0 Å². The van der Waals surface area contributed by atoms with E-state index in [2.05, 4.69) is 19.2 Å². The van der Waals surface area contributed by atoms with E-state index in [-0.39, 0.29) is 11.0 Å². The second-order valence-corrected chi connectivity index (χ2v) is 6.83. The lowest BCUT2D eigenvalue weighted by molar-refractivity contribution is 0.102. The van der Waals surface area contributed by atoms with Crippen molar-refractivity contribution in [3.05, 3.63) is 70.0 Å². The molecule has 0 saturated carbocycles. The highest BCUT2D eigenvalue weighted by atomic mass is 16.5. The molecule has 140 valence electrons. The van der Waals surface area contributed by atoms with E-state index in [4.69, 9.17) is 4.74 Å². The van der Waals surface area contributed by atoms with E-state index in [0.717, 1.165) is 5.52 Å². The molecule has 0 bridgehead atoms. The summed E-state index contributed by atoms with van der Waals surface area (Å²) in [4.78, 5) is 25.6. The predicted molar refractivity (Wildman–Crippen MR) is 109 cm³/mol. The first kappa shape index (κ1) is 18.7. The average Bonchev–Trinajstić information content (AvgIpc) is 2.65. The molecular weight excluding hydrogens is 340 g/mol. The van der Waals surface area contributed by atoms with Gasteiger partial charge in [-0.2, -0.15) is 0 Å². The number of amides is 1. The summed E-state index contributed by atoms with van der Waals surface area (Å²) in [6, 6.07) is 13.0. The van der Waals surface area contributed by atoms with Crippen molar-refractivity contribution in [2.45, 2.75) is 26.7 Å². The first-order valence-corrected chi connectivity index (χ1v) is 9.08. The summed E-state index contributed by atoms with van der Waals surface area (Å²) >= 11 is 0. The SMILES string of the molecule is CCOc1ccc2c(c1)c(=O)c(C(=O)Nc1ccc(C(C)C)cc1)cn2C. The zero-order chi connectivity index (χ0) is 19.6. The van der Waals surface area contributed by atoms with Gasteiger partial charge in [-0.1, -0.05) is 26.0 Å². The van der Waals surface area contributed by atoms with Crippen LogP contribution in [0.5, 0.6) is 5.75 Å². The summed E-state index contributed by atoms with van der Waals surface area (Å²) in [7, 11) is 1.82. The number of nitrogens with one attached hydrogen (secondary N) is 1. The Labute approximate surface area is 158 Å². The number of hydrogen-bond donors (Lipinski definition) is 1. The highest BCUT2D eigenvalue weighted by Gasteiger charge is 2.15. The van der Waals surface area contributed by atoms with Gasteiger partial charge < -0.3 is 14.6 Å². The second-order valence-electron chi connectivity index (χ2n) is 6.83. The molecule has 1 heterocycles. The van der Waals surface area contributed by atoms with Crippen LogP contribution in [0.4, 0.5) is 5.69 Å². The maximum absolute atomic E-state index is 12.9. The van der Waals surface area contributed by atoms with Gasteiger partial charge in [0.25, 0.3) is 5.91 Å². The minimum Gasteiger partial charge on any atom is -0.494 e. The topological polar surface area (TPSA) is 60.3 Å². The minimum absolute atomic E-state index is 0.103. The van der Waals surface area contributed by atoms with Crippen LogP contribution in [0, 0.1) is 0 Å². The molecule has 1 amide bonds. The number of aromatic nitrogens is 1. The summed E-state index contributed by atoms with van der Waals surface area (Å²) in [5.41, 5.74) is 2.40. The second kappa shape index (κ2) is 7.66. The number of benzene rings is 2. The van der Waals surface area contributed by atoms with Crippen molar-refractivity contribution in [1.29, 1.82) is 0 Å². The molecule has 3 aromatic rings. The van der Waals surface area contributed by atoms with Crippen LogP contribution >= 0.6 is 0 Å². The largest absolute Gasteiger partial charge is 0.494 e. The van der Waals surface area contributed by atoms with Crippen LogP contribution in [0.3, 0.4) is 0 Å². The van der Waals surface area contributed by atoms with E-state index in [9.17, 15) is 9.59 Å². The molecule has 5 nitrogen and oxygen atoms in total. The first-order chi connectivity index (χ1) is 12.9. The van der Waals surface area contributed by atoms with Gasteiger partial charge in [0.2, 0.25) is 5.43 Å². The summed E-state index contributed by atoms with van der Waals surface area (Å²) in [5.74, 6) is 0.614. The van der Waals surface area contributed by atoms with Crippen molar-refractivity contribution < 1.29 is 9.53 Å². The Kier molecular flexibility index (Phi) is 5.31. The molecule has 0 radical (unpaired) electrons. The Bertz CT molecular complexity index is 1030. The van der Waals surface area contributed by atoms with E-state index in [1.54, 1.807) is 16.8 Å². The summed E-state index contributed by atoms with van der Waals surface area (Å²) in [5, 5.41) is 3.28. The number of rotatable bonds is 5. The van der Waals surface area contributed by atoms with E-state index in [1.807, 2.05) is 50.4 Å². The summed E-state index contributed by atoms with van der Waals surface area (Å²) in [6.07, 6.45) is 1.57. The van der Waals surface area contributed by atoms with E-state index in [1.165, 1.54) is 5.56 Å². The lowest BCUT2D eigenvalue weighted by atomic mass is 10.0. The molecule has 0 aliphatic rings. The Hall–Kier alpha value is -3.08. The number of ether oxygens (including phenoxy) is 1. The van der Waals surface area contributed by atoms with Gasteiger partial charge in [-0.15, -0.1) is 0 Å². The summed E-state index contributed by atoms with van der Waals surface area (Å²) < 4.78 is 7.27. The van der Waals surface area contributed by atoms with Crippen LogP contribution in [0.25, 0.3) is 10.9 Å². The fourth-order valence-electron chi connectivity index (χ4n) is 3.04. The monoisotopic (exact) mass is 364 g/mol. The number of carbonyl (C=O) groups is 1. The van der Waals surface area contributed by atoms with Gasteiger partial charge in [0, 0.05) is 18.9 Å². The van der Waals surface area contributed by atoms with Crippen LogP contribution in [-0.2, 0) is 7.05 Å². The van der Waals surface area contributed by atoms with Gasteiger partial charge in [-0.05, 0) is 48.7 Å². The highest BCUT2D eigenvalue weighted by molar-refractivity contribution is 6.05. The van der Waals surface area contributed by atoms with E-state index in [0.29, 0.717) is 29.3 Å². The number of hydrogen-bond acceptors (Lipinski definition) is 3. The molecule has 5 heteroatoms. The highest BCUT2D eigenvalue weighted by Crippen LogP contribution is 2.20. The number of aryl methyl sites for hydroxylation is 1. The van der Waals surface area contributed by atoms with Crippen molar-refractivity contribution in [2.24, 2.45) is 7.05 Å². The standard InChI is InChI=1S/C22H24N2O3/c1-5-27-17-10-11-20-18(12-17)21(25)19(13-24(20)4)22(26)23-16-8-6-15(7-9-16)14(2)3/h6-14H,5H2,1-4H3,(H,23,26). The molecule has 0 aliphatic carbocycles. The Morgan fingerprint density at radius 3 is 2.48 bits per heavy atom. The van der Waals surface area contributed by atoms with E-state index >= 15 is 0 Å². The number of fused-ring (bicyclic) bond motifs is 1. The maximum Gasteiger partial charge on any atom is 0.261 e. The molecule has 1 aromatic heterocycles. The third kappa shape index (κ3) is 3.87. The van der Waals surface area contributed by atoms with Gasteiger partial charge in [0.1, 0.15) is 11.3 Å². The number of carbonyl (C=O) groups excluding carboxylic acids is 1. The van der Waals surface area contributed by atoms with Gasteiger partial charge in [0.05, 0.1) is 17.5 Å². The van der Waals surface area contributed by atoms with Crippen LogP contribution in [-0.4, -0.2) is 17.1 Å². The van der Waals surface area contributed by atoms with Gasteiger partial charge in [-0.3, -0.25) is 9.59 Å². The van der Waals surface area contributed by atoms with Crippen LogP contribution in [0.15, 0.2) is 53.5 Å². The van der Waals surface area contributed by atoms with Crippen molar-refractivity contribution >= 4 is 22.5 Å². The number of anilines is 1. The van der Waals surface area contributed by atoms with Crippen molar-refractivity contribution in [3.8, 4) is 5.75 Å². The Balaban J connectivity index is 1.96. The predicted octanol–water partition coefficient (Wildman–Crippen LogP) is 4.31. The van der Waals surface area contributed by atoms with Crippen molar-refractivity contribution in [1.82, 2.24) is 4.57 Å². The normalized spacial score (nSPS) is 11.0. The van der Waals surface area contributed by atoms with Crippen LogP contribution in [0.1, 0.15) is 42.6 Å².